The van der Waals surface area contributed by atoms with Crippen molar-refractivity contribution in [2.75, 3.05) is 33.3 Å². The van der Waals surface area contributed by atoms with Gasteiger partial charge in [-0.2, -0.15) is 0 Å². The van der Waals surface area contributed by atoms with Crippen LogP contribution in [0.15, 0.2) is 16.5 Å². The Labute approximate surface area is 129 Å². The van der Waals surface area contributed by atoms with Crippen LogP contribution in [0, 0.1) is 6.92 Å². The number of nitrogens with zero attached hydrogens (tertiary/aromatic N) is 2. The molecule has 1 aliphatic heterocycles. The molecule has 1 aliphatic rings. The Morgan fingerprint density at radius 2 is 2.32 bits per heavy atom. The van der Waals surface area contributed by atoms with E-state index in [0.717, 1.165) is 11.5 Å². The van der Waals surface area contributed by atoms with E-state index in [1.54, 1.807) is 7.05 Å². The SMILES string of the molecule is Cc1ccc(CN2CCNC(=O)[C@H]2CC(=O)N(C)CCO)o1. The van der Waals surface area contributed by atoms with Gasteiger partial charge in [0.25, 0.3) is 0 Å². The fourth-order valence-electron chi connectivity index (χ4n) is 2.54. The summed E-state index contributed by atoms with van der Waals surface area (Å²) in [6, 6.07) is 3.26. The Balaban J connectivity index is 2.03. The molecule has 0 radical (unpaired) electrons. The van der Waals surface area contributed by atoms with Crippen LogP contribution in [0.4, 0.5) is 0 Å². The Morgan fingerprint density at radius 3 is 2.95 bits per heavy atom. The number of piperazine rings is 1. The van der Waals surface area contributed by atoms with Gasteiger partial charge in [-0.25, -0.2) is 0 Å². The Kier molecular flexibility index (Phi) is 5.57. The summed E-state index contributed by atoms with van der Waals surface area (Å²) in [4.78, 5) is 27.6. The molecule has 1 aromatic rings. The predicted octanol–water partition coefficient (Wildman–Crippen LogP) is -0.271. The molecule has 0 saturated carbocycles. The number of nitrogens with one attached hydrogen (secondary N) is 1. The highest BCUT2D eigenvalue weighted by atomic mass is 16.3. The van der Waals surface area contributed by atoms with Crippen LogP contribution in [0.25, 0.3) is 0 Å². The van der Waals surface area contributed by atoms with Crippen molar-refractivity contribution in [3.05, 3.63) is 23.7 Å². The largest absolute Gasteiger partial charge is 0.465 e. The van der Waals surface area contributed by atoms with Crippen LogP contribution >= 0.6 is 0 Å². The average Bonchev–Trinajstić information content (AvgIpc) is 2.88. The van der Waals surface area contributed by atoms with Crippen LogP contribution in [0.2, 0.25) is 0 Å². The molecule has 2 heterocycles. The molecule has 2 amide bonds. The van der Waals surface area contributed by atoms with E-state index in [4.69, 9.17) is 9.52 Å². The molecule has 2 N–H and O–H groups in total. The number of carbonyl (C=O) groups excluding carboxylic acids is 2. The van der Waals surface area contributed by atoms with Crippen LogP contribution in [0.5, 0.6) is 0 Å². The summed E-state index contributed by atoms with van der Waals surface area (Å²) in [5.74, 6) is 1.32. The second-order valence-electron chi connectivity index (χ2n) is 5.53. The molecular weight excluding hydrogens is 286 g/mol. The molecule has 0 unspecified atom stereocenters. The summed E-state index contributed by atoms with van der Waals surface area (Å²) in [6.07, 6.45) is 0.0992. The van der Waals surface area contributed by atoms with Crippen molar-refractivity contribution in [2.45, 2.75) is 25.9 Å². The first-order chi connectivity index (χ1) is 10.5. The molecule has 0 aromatic carbocycles. The molecule has 1 atom stereocenters. The molecule has 7 nitrogen and oxygen atoms in total. The summed E-state index contributed by atoms with van der Waals surface area (Å²) in [6.45, 7) is 3.79. The summed E-state index contributed by atoms with van der Waals surface area (Å²) < 4.78 is 5.56. The highest BCUT2D eigenvalue weighted by Crippen LogP contribution is 2.16. The number of amides is 2. The maximum absolute atomic E-state index is 12.1. The van der Waals surface area contributed by atoms with E-state index >= 15 is 0 Å². The molecular formula is C15H23N3O4. The molecule has 0 bridgehead atoms. The van der Waals surface area contributed by atoms with Gasteiger partial charge in [-0.15, -0.1) is 0 Å². The lowest BCUT2D eigenvalue weighted by molar-refractivity contribution is -0.138. The van der Waals surface area contributed by atoms with Gasteiger partial charge in [0, 0.05) is 26.7 Å². The number of rotatable bonds is 6. The van der Waals surface area contributed by atoms with Crippen LogP contribution in [0.1, 0.15) is 17.9 Å². The van der Waals surface area contributed by atoms with E-state index in [9.17, 15) is 9.59 Å². The van der Waals surface area contributed by atoms with Crippen molar-refractivity contribution in [1.82, 2.24) is 15.1 Å². The van der Waals surface area contributed by atoms with Gasteiger partial charge in [-0.05, 0) is 19.1 Å². The minimum Gasteiger partial charge on any atom is -0.465 e. The second-order valence-corrected chi connectivity index (χ2v) is 5.53. The van der Waals surface area contributed by atoms with E-state index < -0.39 is 6.04 Å². The highest BCUT2D eigenvalue weighted by molar-refractivity contribution is 5.88. The van der Waals surface area contributed by atoms with Crippen molar-refractivity contribution in [2.24, 2.45) is 0 Å². The van der Waals surface area contributed by atoms with E-state index in [2.05, 4.69) is 5.32 Å². The fraction of sp³-hybridized carbons (Fsp3) is 0.600. The third-order valence-corrected chi connectivity index (χ3v) is 3.83. The van der Waals surface area contributed by atoms with Gasteiger partial charge >= 0.3 is 0 Å². The first-order valence-electron chi connectivity index (χ1n) is 7.43. The van der Waals surface area contributed by atoms with Crippen molar-refractivity contribution >= 4 is 11.8 Å². The average molecular weight is 309 g/mol. The summed E-state index contributed by atoms with van der Waals surface area (Å²) >= 11 is 0. The van der Waals surface area contributed by atoms with E-state index in [-0.39, 0.29) is 31.4 Å². The Morgan fingerprint density at radius 1 is 1.55 bits per heavy atom. The first kappa shape index (κ1) is 16.5. The lowest BCUT2D eigenvalue weighted by atomic mass is 10.1. The third-order valence-electron chi connectivity index (χ3n) is 3.83. The standard InChI is InChI=1S/C15H23N3O4/c1-11-3-4-12(22-11)10-18-6-5-16-15(21)13(18)9-14(20)17(2)7-8-19/h3-4,13,19H,5-10H2,1-2H3,(H,16,21)/t13-/m1/s1. The number of carbonyl (C=O) groups is 2. The second kappa shape index (κ2) is 7.42. The number of hydrogen-bond donors (Lipinski definition) is 2. The summed E-state index contributed by atoms with van der Waals surface area (Å²) in [5.41, 5.74) is 0. The van der Waals surface area contributed by atoms with E-state index in [1.165, 1.54) is 4.90 Å². The quantitative estimate of drug-likeness (QED) is 0.755. The number of likely N-dealkylation sites (N-methyl/N-ethyl adjacent to an activating group) is 1. The van der Waals surface area contributed by atoms with Gasteiger partial charge in [0.2, 0.25) is 11.8 Å². The zero-order chi connectivity index (χ0) is 16.1. The first-order valence-corrected chi connectivity index (χ1v) is 7.43. The molecule has 2 rings (SSSR count). The van der Waals surface area contributed by atoms with Gasteiger partial charge in [0.15, 0.2) is 0 Å². The Bertz CT molecular complexity index is 529. The normalized spacial score (nSPS) is 19.0. The highest BCUT2D eigenvalue weighted by Gasteiger charge is 2.32. The number of hydrogen-bond acceptors (Lipinski definition) is 5. The van der Waals surface area contributed by atoms with Crippen molar-refractivity contribution in [3.63, 3.8) is 0 Å². The van der Waals surface area contributed by atoms with Gasteiger partial charge < -0.3 is 19.7 Å². The third kappa shape index (κ3) is 4.08. The van der Waals surface area contributed by atoms with E-state index in [0.29, 0.717) is 19.6 Å². The van der Waals surface area contributed by atoms with Gasteiger partial charge in [-0.1, -0.05) is 0 Å². The molecule has 7 heteroatoms. The monoisotopic (exact) mass is 309 g/mol. The molecule has 0 spiro atoms. The van der Waals surface area contributed by atoms with Gasteiger partial charge in [-0.3, -0.25) is 14.5 Å². The van der Waals surface area contributed by atoms with Crippen LogP contribution < -0.4 is 5.32 Å². The molecule has 0 aliphatic carbocycles. The number of aryl methyl sites for hydroxylation is 1. The minimum absolute atomic E-state index is 0.0888. The molecule has 1 saturated heterocycles. The molecule has 22 heavy (non-hydrogen) atoms. The maximum Gasteiger partial charge on any atom is 0.237 e. The molecule has 1 aromatic heterocycles. The fourth-order valence-corrected chi connectivity index (χ4v) is 2.54. The zero-order valence-electron chi connectivity index (χ0n) is 13.0. The number of furan rings is 1. The topological polar surface area (TPSA) is 86.0 Å². The van der Waals surface area contributed by atoms with Crippen LogP contribution in [0.3, 0.4) is 0 Å². The number of aliphatic hydroxyl groups excluding tert-OH is 1. The summed E-state index contributed by atoms with van der Waals surface area (Å²) in [5, 5.41) is 11.7. The molecule has 1 fully saturated rings. The zero-order valence-corrected chi connectivity index (χ0v) is 13.0. The minimum atomic E-state index is -0.507. The van der Waals surface area contributed by atoms with Crippen LogP contribution in [-0.2, 0) is 16.1 Å². The lowest BCUT2D eigenvalue weighted by Crippen LogP contribution is -2.56. The van der Waals surface area contributed by atoms with Crippen molar-refractivity contribution in [3.8, 4) is 0 Å². The molecule has 122 valence electrons. The lowest BCUT2D eigenvalue weighted by Gasteiger charge is -2.34. The predicted molar refractivity (Wildman–Crippen MR) is 80.0 cm³/mol. The Hall–Kier alpha value is -1.86. The van der Waals surface area contributed by atoms with Crippen molar-refractivity contribution < 1.29 is 19.1 Å². The summed E-state index contributed by atoms with van der Waals surface area (Å²) in [7, 11) is 1.62. The van der Waals surface area contributed by atoms with Gasteiger partial charge in [0.05, 0.1) is 25.6 Å². The maximum atomic E-state index is 12.1. The van der Waals surface area contributed by atoms with Crippen LogP contribution in [-0.4, -0.2) is 66.1 Å². The number of aliphatic hydroxyl groups is 1. The van der Waals surface area contributed by atoms with E-state index in [1.807, 2.05) is 24.0 Å². The van der Waals surface area contributed by atoms with Gasteiger partial charge in [0.1, 0.15) is 11.5 Å². The smallest absolute Gasteiger partial charge is 0.237 e. The van der Waals surface area contributed by atoms with Crippen molar-refractivity contribution in [1.29, 1.82) is 0 Å².